The summed E-state index contributed by atoms with van der Waals surface area (Å²) < 4.78 is 0. The van der Waals surface area contributed by atoms with Crippen LogP contribution in [0.3, 0.4) is 0 Å². The zero-order valence-corrected chi connectivity index (χ0v) is 11.5. The molecule has 4 heteroatoms. The van der Waals surface area contributed by atoms with E-state index >= 15 is 0 Å². The van der Waals surface area contributed by atoms with E-state index in [1.54, 1.807) is 0 Å². The second-order valence-corrected chi connectivity index (χ2v) is 5.09. The Hall–Kier alpha value is -1.32. The number of nitrogens with one attached hydrogen (secondary N) is 1. The molecule has 0 spiro atoms. The molecule has 1 aromatic heterocycles. The number of anilines is 2. The summed E-state index contributed by atoms with van der Waals surface area (Å²) in [5.74, 6) is 1.77. The summed E-state index contributed by atoms with van der Waals surface area (Å²) in [5, 5.41) is 3.49. The molecule has 2 rings (SSSR count). The van der Waals surface area contributed by atoms with Crippen molar-refractivity contribution in [3.63, 3.8) is 0 Å². The van der Waals surface area contributed by atoms with Gasteiger partial charge >= 0.3 is 0 Å². The predicted octanol–water partition coefficient (Wildman–Crippen LogP) is 3.07. The maximum atomic E-state index is 4.57. The second kappa shape index (κ2) is 6.57. The molecule has 0 saturated heterocycles. The third kappa shape index (κ3) is 3.59. The third-order valence-electron chi connectivity index (χ3n) is 3.69. The molecule has 0 amide bonds. The van der Waals surface area contributed by atoms with Crippen molar-refractivity contribution >= 4 is 11.8 Å². The van der Waals surface area contributed by atoms with Crippen molar-refractivity contribution in [3.8, 4) is 0 Å². The fourth-order valence-electron chi connectivity index (χ4n) is 2.40. The van der Waals surface area contributed by atoms with Gasteiger partial charge in [-0.25, -0.2) is 4.98 Å². The number of hydrogen-bond donors (Lipinski definition) is 1. The highest BCUT2D eigenvalue weighted by atomic mass is 15.2. The lowest BCUT2D eigenvalue weighted by atomic mass is 10.1. The highest BCUT2D eigenvalue weighted by molar-refractivity contribution is 5.41. The molecule has 4 nitrogen and oxygen atoms in total. The van der Waals surface area contributed by atoms with Gasteiger partial charge in [0.2, 0.25) is 5.95 Å². The van der Waals surface area contributed by atoms with E-state index in [1.807, 2.05) is 12.3 Å². The zero-order valence-electron chi connectivity index (χ0n) is 11.5. The van der Waals surface area contributed by atoms with Gasteiger partial charge in [-0.15, -0.1) is 0 Å². The number of hydrogen-bond acceptors (Lipinski definition) is 4. The van der Waals surface area contributed by atoms with Crippen LogP contribution < -0.4 is 10.2 Å². The maximum absolute atomic E-state index is 4.57. The first kappa shape index (κ1) is 13.1. The molecule has 0 atom stereocenters. The Balaban J connectivity index is 1.99. The summed E-state index contributed by atoms with van der Waals surface area (Å²) in [6.45, 7) is 3.08. The van der Waals surface area contributed by atoms with Crippen LogP contribution in [-0.2, 0) is 0 Å². The van der Waals surface area contributed by atoms with Gasteiger partial charge in [0.05, 0.1) is 0 Å². The average Bonchev–Trinajstić information content (AvgIpc) is 2.67. The minimum Gasteiger partial charge on any atom is -0.360 e. The van der Waals surface area contributed by atoms with Crippen molar-refractivity contribution in [1.29, 1.82) is 0 Å². The molecule has 100 valence electrons. The molecule has 1 N–H and O–H groups in total. The van der Waals surface area contributed by atoms with E-state index in [1.165, 1.54) is 38.5 Å². The molecule has 0 aliphatic heterocycles. The van der Waals surface area contributed by atoms with Gasteiger partial charge in [0, 0.05) is 25.8 Å². The molecule has 1 saturated carbocycles. The monoisotopic (exact) mass is 248 g/mol. The summed E-state index contributed by atoms with van der Waals surface area (Å²) in [4.78, 5) is 11.0. The van der Waals surface area contributed by atoms with Gasteiger partial charge in [-0.05, 0) is 25.8 Å². The molecule has 0 bridgehead atoms. The minimum absolute atomic E-state index is 0.551. The Morgan fingerprint density at radius 2 is 2.00 bits per heavy atom. The van der Waals surface area contributed by atoms with E-state index in [2.05, 4.69) is 34.2 Å². The highest BCUT2D eigenvalue weighted by Gasteiger charge is 2.13. The van der Waals surface area contributed by atoms with Gasteiger partial charge in [-0.1, -0.05) is 25.7 Å². The van der Waals surface area contributed by atoms with Crippen molar-refractivity contribution in [2.24, 2.45) is 0 Å². The van der Waals surface area contributed by atoms with Crippen LogP contribution in [0, 0.1) is 0 Å². The molecular formula is C14H24N4. The fourth-order valence-corrected chi connectivity index (χ4v) is 2.40. The molecule has 1 aliphatic rings. The quantitative estimate of drug-likeness (QED) is 0.831. The molecule has 18 heavy (non-hydrogen) atoms. The fraction of sp³-hybridized carbons (Fsp3) is 0.714. The van der Waals surface area contributed by atoms with Crippen LogP contribution in [0.4, 0.5) is 11.8 Å². The lowest BCUT2D eigenvalue weighted by Crippen LogP contribution is -2.22. The zero-order chi connectivity index (χ0) is 12.8. The largest absolute Gasteiger partial charge is 0.360 e. The minimum atomic E-state index is 0.551. The Labute approximate surface area is 110 Å². The van der Waals surface area contributed by atoms with Crippen molar-refractivity contribution in [1.82, 2.24) is 9.97 Å². The van der Waals surface area contributed by atoms with E-state index in [0.29, 0.717) is 6.04 Å². The Morgan fingerprint density at radius 3 is 2.67 bits per heavy atom. The van der Waals surface area contributed by atoms with Crippen LogP contribution in [0.25, 0.3) is 0 Å². The maximum Gasteiger partial charge on any atom is 0.224 e. The van der Waals surface area contributed by atoms with Crippen LogP contribution in [0.5, 0.6) is 0 Å². The molecule has 0 radical (unpaired) electrons. The second-order valence-electron chi connectivity index (χ2n) is 5.09. The van der Waals surface area contributed by atoms with Gasteiger partial charge in [0.25, 0.3) is 0 Å². The van der Waals surface area contributed by atoms with Gasteiger partial charge < -0.3 is 10.2 Å². The van der Waals surface area contributed by atoms with Crippen LogP contribution in [0.1, 0.15) is 45.4 Å². The first-order valence-corrected chi connectivity index (χ1v) is 7.10. The predicted molar refractivity (Wildman–Crippen MR) is 76.1 cm³/mol. The van der Waals surface area contributed by atoms with Gasteiger partial charge in [-0.2, -0.15) is 4.98 Å². The van der Waals surface area contributed by atoms with Crippen LogP contribution in [-0.4, -0.2) is 29.6 Å². The van der Waals surface area contributed by atoms with E-state index in [4.69, 9.17) is 0 Å². The summed E-state index contributed by atoms with van der Waals surface area (Å²) >= 11 is 0. The standard InChI is InChI=1S/C14H24N4/c1-3-18(2)13-10-11-15-14(17-13)16-12-8-6-4-5-7-9-12/h10-12H,3-9H2,1-2H3,(H,15,16,17). The van der Waals surface area contributed by atoms with E-state index in [0.717, 1.165) is 18.3 Å². The van der Waals surface area contributed by atoms with Gasteiger partial charge in [0.15, 0.2) is 0 Å². The molecule has 1 fully saturated rings. The van der Waals surface area contributed by atoms with E-state index < -0.39 is 0 Å². The number of aromatic nitrogens is 2. The molecule has 1 heterocycles. The molecule has 1 aromatic rings. The van der Waals surface area contributed by atoms with Crippen LogP contribution >= 0.6 is 0 Å². The first-order chi connectivity index (χ1) is 8.79. The highest BCUT2D eigenvalue weighted by Crippen LogP contribution is 2.20. The third-order valence-corrected chi connectivity index (χ3v) is 3.69. The van der Waals surface area contributed by atoms with Crippen molar-refractivity contribution in [3.05, 3.63) is 12.3 Å². The van der Waals surface area contributed by atoms with Gasteiger partial charge in [-0.3, -0.25) is 0 Å². The summed E-state index contributed by atoms with van der Waals surface area (Å²) in [6, 6.07) is 2.51. The Bertz CT molecular complexity index is 359. The Kier molecular flexibility index (Phi) is 4.79. The topological polar surface area (TPSA) is 41.1 Å². The first-order valence-electron chi connectivity index (χ1n) is 7.10. The molecule has 1 aliphatic carbocycles. The molecule has 0 unspecified atom stereocenters. The van der Waals surface area contributed by atoms with E-state index in [9.17, 15) is 0 Å². The average molecular weight is 248 g/mol. The van der Waals surface area contributed by atoms with Gasteiger partial charge in [0.1, 0.15) is 5.82 Å². The Morgan fingerprint density at radius 1 is 1.28 bits per heavy atom. The van der Waals surface area contributed by atoms with Crippen LogP contribution in [0.15, 0.2) is 12.3 Å². The van der Waals surface area contributed by atoms with Crippen molar-refractivity contribution in [2.75, 3.05) is 23.8 Å². The molecular weight excluding hydrogens is 224 g/mol. The summed E-state index contributed by atoms with van der Waals surface area (Å²) in [5.41, 5.74) is 0. The van der Waals surface area contributed by atoms with Crippen molar-refractivity contribution < 1.29 is 0 Å². The lowest BCUT2D eigenvalue weighted by Gasteiger charge is -2.19. The number of rotatable bonds is 4. The smallest absolute Gasteiger partial charge is 0.224 e. The van der Waals surface area contributed by atoms with Crippen molar-refractivity contribution in [2.45, 2.75) is 51.5 Å². The van der Waals surface area contributed by atoms with Crippen LogP contribution in [0.2, 0.25) is 0 Å². The summed E-state index contributed by atoms with van der Waals surface area (Å²) in [6.07, 6.45) is 9.73. The summed E-state index contributed by atoms with van der Waals surface area (Å²) in [7, 11) is 2.05. The number of nitrogens with zero attached hydrogens (tertiary/aromatic N) is 3. The normalized spacial score (nSPS) is 17.2. The lowest BCUT2D eigenvalue weighted by molar-refractivity contribution is 0.614. The molecule has 0 aromatic carbocycles. The SMILES string of the molecule is CCN(C)c1ccnc(NC2CCCCCC2)n1. The van der Waals surface area contributed by atoms with E-state index in [-0.39, 0.29) is 0 Å².